The third-order valence-corrected chi connectivity index (χ3v) is 3.21. The normalized spacial score (nSPS) is 14.3. The van der Waals surface area contributed by atoms with E-state index in [1.54, 1.807) is 13.0 Å². The molecular weight excluding hydrogens is 313 g/mol. The molecule has 0 aliphatic rings. The van der Waals surface area contributed by atoms with E-state index in [1.807, 2.05) is 0 Å². The highest BCUT2D eigenvalue weighted by atomic mass is 19.4. The first kappa shape index (κ1) is 17.0. The van der Waals surface area contributed by atoms with Crippen LogP contribution in [0.15, 0.2) is 34.9 Å². The van der Waals surface area contributed by atoms with Crippen molar-refractivity contribution in [2.45, 2.75) is 32.0 Å². The number of hydrogen-bond donors (Lipinski definition) is 2. The van der Waals surface area contributed by atoms with Crippen molar-refractivity contribution in [1.82, 2.24) is 4.98 Å². The number of alkyl halides is 3. The van der Waals surface area contributed by atoms with Crippen molar-refractivity contribution in [3.05, 3.63) is 47.5 Å². The fourth-order valence-electron chi connectivity index (χ4n) is 1.94. The Labute approximate surface area is 130 Å². The van der Waals surface area contributed by atoms with E-state index in [9.17, 15) is 23.1 Å². The Bertz CT molecular complexity index is 695. The maximum atomic E-state index is 13.2. The molecule has 0 spiro atoms. The van der Waals surface area contributed by atoms with Gasteiger partial charge in [0.05, 0.1) is 6.42 Å². The number of amides is 1. The zero-order valence-electron chi connectivity index (χ0n) is 12.4. The van der Waals surface area contributed by atoms with E-state index < -0.39 is 29.9 Å². The first-order valence-corrected chi connectivity index (χ1v) is 6.70. The van der Waals surface area contributed by atoms with Gasteiger partial charge in [0.25, 0.3) is 0 Å². The second-order valence-corrected chi connectivity index (χ2v) is 5.21. The number of nitrogens with one attached hydrogen (secondary N) is 1. The molecule has 0 saturated heterocycles. The minimum absolute atomic E-state index is 0.0979. The van der Waals surface area contributed by atoms with Gasteiger partial charge in [-0.1, -0.05) is 6.07 Å². The highest BCUT2D eigenvalue weighted by Gasteiger charge is 2.58. The molecule has 2 aromatic rings. The molecule has 1 amide bonds. The maximum Gasteiger partial charge on any atom is 0.425 e. The summed E-state index contributed by atoms with van der Waals surface area (Å²) in [6.45, 7) is 3.22. The average Bonchev–Trinajstić information content (AvgIpc) is 2.87. The summed E-state index contributed by atoms with van der Waals surface area (Å²) >= 11 is 0. The highest BCUT2D eigenvalue weighted by molar-refractivity contribution is 5.90. The molecule has 0 fully saturated rings. The van der Waals surface area contributed by atoms with Crippen LogP contribution in [0.4, 0.5) is 19.0 Å². The molecule has 2 N–H and O–H groups in total. The molecule has 8 heteroatoms. The van der Waals surface area contributed by atoms with Gasteiger partial charge in [0, 0.05) is 6.20 Å². The van der Waals surface area contributed by atoms with Crippen molar-refractivity contribution >= 4 is 11.7 Å². The van der Waals surface area contributed by atoms with E-state index in [1.165, 1.54) is 25.3 Å². The standard InChI is InChI=1S/C15H15F3N2O3/c1-9-3-6-12(19-8-9)20-13(21)7-14(22,15(16,17)18)11-5-4-10(2)23-11/h3-6,8,22H,7H2,1-2H3,(H,19,20,21). The summed E-state index contributed by atoms with van der Waals surface area (Å²) in [6, 6.07) is 5.39. The van der Waals surface area contributed by atoms with Crippen molar-refractivity contribution in [3.8, 4) is 0 Å². The van der Waals surface area contributed by atoms with Crippen LogP contribution in [0, 0.1) is 13.8 Å². The van der Waals surface area contributed by atoms with Gasteiger partial charge in [0.1, 0.15) is 17.3 Å². The molecule has 1 unspecified atom stereocenters. The smallest absolute Gasteiger partial charge is 0.425 e. The Morgan fingerprint density at radius 2 is 1.96 bits per heavy atom. The maximum absolute atomic E-state index is 13.2. The molecule has 2 aromatic heterocycles. The number of furan rings is 1. The molecule has 0 saturated carbocycles. The molecular formula is C15H15F3N2O3. The second-order valence-electron chi connectivity index (χ2n) is 5.21. The van der Waals surface area contributed by atoms with Crippen molar-refractivity contribution in [1.29, 1.82) is 0 Å². The van der Waals surface area contributed by atoms with Gasteiger partial charge >= 0.3 is 6.18 Å². The first-order valence-electron chi connectivity index (χ1n) is 6.70. The van der Waals surface area contributed by atoms with E-state index >= 15 is 0 Å². The van der Waals surface area contributed by atoms with Crippen LogP contribution in [0.1, 0.15) is 23.5 Å². The summed E-state index contributed by atoms with van der Waals surface area (Å²) in [5.41, 5.74) is -2.57. The lowest BCUT2D eigenvalue weighted by Crippen LogP contribution is -2.44. The molecule has 2 rings (SSSR count). The van der Waals surface area contributed by atoms with Gasteiger partial charge in [-0.05, 0) is 37.6 Å². The fourth-order valence-corrected chi connectivity index (χ4v) is 1.94. The summed E-state index contributed by atoms with van der Waals surface area (Å²) in [5, 5.41) is 12.2. The summed E-state index contributed by atoms with van der Waals surface area (Å²) in [7, 11) is 0. The SMILES string of the molecule is Cc1ccc(NC(=O)CC(O)(c2ccc(C)o2)C(F)(F)F)nc1. The van der Waals surface area contributed by atoms with Gasteiger partial charge in [0.2, 0.25) is 11.5 Å². The number of nitrogens with zero attached hydrogens (tertiary/aromatic N) is 1. The van der Waals surface area contributed by atoms with E-state index in [2.05, 4.69) is 10.3 Å². The molecule has 0 radical (unpaired) electrons. The molecule has 23 heavy (non-hydrogen) atoms. The predicted octanol–water partition coefficient (Wildman–Crippen LogP) is 3.07. The number of carbonyl (C=O) groups is 1. The third-order valence-electron chi connectivity index (χ3n) is 3.21. The number of aromatic nitrogens is 1. The second kappa shape index (κ2) is 6.04. The summed E-state index contributed by atoms with van der Waals surface area (Å²) in [5.74, 6) is -1.46. The number of halogens is 3. The molecule has 5 nitrogen and oxygen atoms in total. The van der Waals surface area contributed by atoms with Gasteiger partial charge in [-0.15, -0.1) is 0 Å². The Balaban J connectivity index is 2.21. The van der Waals surface area contributed by atoms with Gasteiger partial charge < -0.3 is 14.8 Å². The van der Waals surface area contributed by atoms with Crippen molar-refractivity contribution < 1.29 is 27.5 Å². The fraction of sp³-hybridized carbons (Fsp3) is 0.333. The minimum atomic E-state index is -5.07. The minimum Gasteiger partial charge on any atom is -0.463 e. The van der Waals surface area contributed by atoms with Gasteiger partial charge in [-0.2, -0.15) is 13.2 Å². The number of rotatable bonds is 4. The monoisotopic (exact) mass is 328 g/mol. The molecule has 1 atom stereocenters. The molecule has 124 valence electrons. The zero-order valence-corrected chi connectivity index (χ0v) is 12.4. The zero-order chi connectivity index (χ0) is 17.3. The van der Waals surface area contributed by atoms with Gasteiger partial charge in [0.15, 0.2) is 0 Å². The van der Waals surface area contributed by atoms with Crippen molar-refractivity contribution in [2.24, 2.45) is 0 Å². The number of aryl methyl sites for hydroxylation is 2. The van der Waals surface area contributed by atoms with Gasteiger partial charge in [-0.3, -0.25) is 4.79 Å². The van der Waals surface area contributed by atoms with Crippen LogP contribution in [0.5, 0.6) is 0 Å². The molecule has 0 aliphatic carbocycles. The molecule has 0 aromatic carbocycles. The topological polar surface area (TPSA) is 75.4 Å². The van der Waals surface area contributed by atoms with Crippen LogP contribution in [-0.2, 0) is 10.4 Å². The molecule has 2 heterocycles. The number of anilines is 1. The van der Waals surface area contributed by atoms with Crippen molar-refractivity contribution in [3.63, 3.8) is 0 Å². The lowest BCUT2D eigenvalue weighted by molar-refractivity contribution is -0.272. The van der Waals surface area contributed by atoms with E-state index in [4.69, 9.17) is 4.42 Å². The quantitative estimate of drug-likeness (QED) is 0.904. The Morgan fingerprint density at radius 1 is 1.26 bits per heavy atom. The van der Waals surface area contributed by atoms with Gasteiger partial charge in [-0.25, -0.2) is 4.98 Å². The predicted molar refractivity (Wildman–Crippen MR) is 75.6 cm³/mol. The van der Waals surface area contributed by atoms with E-state index in [0.29, 0.717) is 0 Å². The van der Waals surface area contributed by atoms with Crippen LogP contribution in [0.25, 0.3) is 0 Å². The number of hydrogen-bond acceptors (Lipinski definition) is 4. The number of carbonyl (C=O) groups excluding carboxylic acids is 1. The molecule has 0 aliphatic heterocycles. The third kappa shape index (κ3) is 3.70. The van der Waals surface area contributed by atoms with Crippen LogP contribution in [0.3, 0.4) is 0 Å². The Morgan fingerprint density at radius 3 is 2.43 bits per heavy atom. The first-order chi connectivity index (χ1) is 10.6. The van der Waals surface area contributed by atoms with E-state index in [-0.39, 0.29) is 11.6 Å². The number of aliphatic hydroxyl groups is 1. The van der Waals surface area contributed by atoms with E-state index in [0.717, 1.165) is 11.6 Å². The summed E-state index contributed by atoms with van der Waals surface area (Å²) in [6.07, 6.45) is -4.85. The van der Waals surface area contributed by atoms with Crippen LogP contribution >= 0.6 is 0 Å². The Kier molecular flexibility index (Phi) is 4.46. The summed E-state index contributed by atoms with van der Waals surface area (Å²) < 4.78 is 44.6. The lowest BCUT2D eigenvalue weighted by atomic mass is 9.95. The number of pyridine rings is 1. The average molecular weight is 328 g/mol. The van der Waals surface area contributed by atoms with Crippen LogP contribution < -0.4 is 5.32 Å². The van der Waals surface area contributed by atoms with Crippen LogP contribution in [-0.4, -0.2) is 22.2 Å². The summed E-state index contributed by atoms with van der Waals surface area (Å²) in [4.78, 5) is 15.8. The lowest BCUT2D eigenvalue weighted by Gasteiger charge is -2.27. The van der Waals surface area contributed by atoms with Crippen LogP contribution in [0.2, 0.25) is 0 Å². The Hall–Kier alpha value is -2.35. The largest absolute Gasteiger partial charge is 0.463 e. The molecule has 0 bridgehead atoms. The van der Waals surface area contributed by atoms with Crippen molar-refractivity contribution in [2.75, 3.05) is 5.32 Å². The highest BCUT2D eigenvalue weighted by Crippen LogP contribution is 2.42.